The Hall–Kier alpha value is -0.900. The van der Waals surface area contributed by atoms with Crippen molar-refractivity contribution in [2.75, 3.05) is 13.2 Å². The van der Waals surface area contributed by atoms with E-state index in [9.17, 15) is 0 Å². The zero-order chi connectivity index (χ0) is 10.4. The average Bonchev–Trinajstić information content (AvgIpc) is 3.00. The highest BCUT2D eigenvalue weighted by atomic mass is 16.3. The smallest absolute Gasteiger partial charge is 0.153 e. The van der Waals surface area contributed by atoms with Gasteiger partial charge in [-0.3, -0.25) is 0 Å². The molecular formula is C10H19N3O. The van der Waals surface area contributed by atoms with Crippen LogP contribution in [0, 0.1) is 0 Å². The average molecular weight is 197 g/mol. The number of rotatable bonds is 6. The number of hydrogen-bond donors (Lipinski definition) is 1. The van der Waals surface area contributed by atoms with E-state index in [2.05, 4.69) is 28.7 Å². The van der Waals surface area contributed by atoms with E-state index in [1.807, 2.05) is 0 Å². The second-order valence-corrected chi connectivity index (χ2v) is 3.59. The van der Waals surface area contributed by atoms with Crippen molar-refractivity contribution in [3.05, 3.63) is 0 Å². The molecule has 80 valence electrons. The van der Waals surface area contributed by atoms with Gasteiger partial charge in [-0.25, -0.2) is 0 Å². The van der Waals surface area contributed by atoms with Crippen LogP contribution < -0.4 is 0 Å². The van der Waals surface area contributed by atoms with Crippen LogP contribution in [0.2, 0.25) is 0 Å². The van der Waals surface area contributed by atoms with Gasteiger partial charge in [0.05, 0.1) is 0 Å². The van der Waals surface area contributed by atoms with Crippen LogP contribution in [-0.4, -0.2) is 41.8 Å². The highest BCUT2D eigenvalue weighted by molar-refractivity contribution is 5.83. The topological polar surface area (TPSA) is 48.2 Å². The molecule has 0 aromatic carbocycles. The van der Waals surface area contributed by atoms with E-state index in [4.69, 9.17) is 5.11 Å². The maximum absolute atomic E-state index is 9.14. The van der Waals surface area contributed by atoms with Crippen molar-refractivity contribution in [3.8, 4) is 0 Å². The van der Waals surface area contributed by atoms with Gasteiger partial charge < -0.3 is 10.0 Å². The number of hydrogen-bond acceptors (Lipinski definition) is 3. The lowest BCUT2D eigenvalue weighted by Crippen LogP contribution is -2.36. The van der Waals surface area contributed by atoms with E-state index in [0.29, 0.717) is 11.9 Å². The van der Waals surface area contributed by atoms with Crippen molar-refractivity contribution in [1.29, 1.82) is 0 Å². The fourth-order valence-electron chi connectivity index (χ4n) is 1.50. The van der Waals surface area contributed by atoms with Gasteiger partial charge in [0.1, 0.15) is 6.61 Å². The lowest BCUT2D eigenvalue weighted by atomic mass is 10.3. The van der Waals surface area contributed by atoms with Gasteiger partial charge in [-0.05, 0) is 19.3 Å². The molecule has 0 amide bonds. The molecule has 1 saturated carbocycles. The molecule has 0 spiro atoms. The van der Waals surface area contributed by atoms with Crippen LogP contribution in [0.1, 0.15) is 32.6 Å². The van der Waals surface area contributed by atoms with Crippen LogP contribution in [0.5, 0.6) is 0 Å². The Kier molecular flexibility index (Phi) is 4.59. The normalized spacial score (nSPS) is 16.9. The van der Waals surface area contributed by atoms with E-state index in [1.54, 1.807) is 0 Å². The summed E-state index contributed by atoms with van der Waals surface area (Å²) < 4.78 is 0. The first-order chi connectivity index (χ1) is 6.83. The number of amidine groups is 1. The molecule has 1 aliphatic carbocycles. The molecular weight excluding hydrogens is 178 g/mol. The zero-order valence-electron chi connectivity index (χ0n) is 8.82. The van der Waals surface area contributed by atoms with Gasteiger partial charge in [0.15, 0.2) is 5.84 Å². The van der Waals surface area contributed by atoms with Crippen LogP contribution in [0.4, 0.5) is 0 Å². The molecule has 0 aromatic heterocycles. The van der Waals surface area contributed by atoms with Crippen LogP contribution in [-0.2, 0) is 0 Å². The van der Waals surface area contributed by atoms with Crippen LogP contribution in [0.25, 0.3) is 0 Å². The second kappa shape index (κ2) is 5.75. The van der Waals surface area contributed by atoms with Gasteiger partial charge in [-0.2, -0.15) is 5.10 Å². The summed E-state index contributed by atoms with van der Waals surface area (Å²) in [5.74, 6) is 0.663. The van der Waals surface area contributed by atoms with Gasteiger partial charge in [-0.15, -0.1) is 5.10 Å². The van der Waals surface area contributed by atoms with Crippen LogP contribution >= 0.6 is 0 Å². The van der Waals surface area contributed by atoms with Crippen molar-refractivity contribution in [2.45, 2.75) is 38.6 Å². The Morgan fingerprint density at radius 3 is 2.71 bits per heavy atom. The molecule has 0 atom stereocenters. The predicted molar refractivity (Wildman–Crippen MR) is 58.7 cm³/mol. The summed E-state index contributed by atoms with van der Waals surface area (Å²) in [6, 6.07) is 0.578. The van der Waals surface area contributed by atoms with Crippen LogP contribution in [0.3, 0.4) is 0 Å². The summed E-state index contributed by atoms with van der Waals surface area (Å²) in [6.07, 6.45) is 4.70. The Morgan fingerprint density at radius 1 is 1.57 bits per heavy atom. The third-order valence-electron chi connectivity index (χ3n) is 2.40. The third-order valence-corrected chi connectivity index (χ3v) is 2.40. The van der Waals surface area contributed by atoms with Crippen molar-refractivity contribution in [2.24, 2.45) is 10.2 Å². The fraction of sp³-hybridized carbons (Fsp3) is 0.800. The number of nitrogens with zero attached hydrogens (tertiary/aromatic N) is 3. The quantitative estimate of drug-likeness (QED) is 0.396. The zero-order valence-corrected chi connectivity index (χ0v) is 8.82. The molecule has 0 radical (unpaired) electrons. The lowest BCUT2D eigenvalue weighted by molar-refractivity contribution is 0.311. The minimum Gasteiger partial charge on any atom is -0.388 e. The first kappa shape index (κ1) is 11.2. The predicted octanol–water partition coefficient (Wildman–Crippen LogP) is 1.26. The Labute approximate surface area is 85.3 Å². The van der Waals surface area contributed by atoms with E-state index < -0.39 is 0 Å². The monoisotopic (exact) mass is 197 g/mol. The Bertz CT molecular complexity index is 211. The van der Waals surface area contributed by atoms with Crippen molar-refractivity contribution >= 4 is 12.6 Å². The van der Waals surface area contributed by atoms with E-state index in [-0.39, 0.29) is 6.61 Å². The molecule has 14 heavy (non-hydrogen) atoms. The van der Waals surface area contributed by atoms with Crippen molar-refractivity contribution in [1.82, 2.24) is 4.90 Å². The number of aliphatic hydroxyl groups excluding tert-OH is 1. The molecule has 1 rings (SSSR count). The molecule has 4 nitrogen and oxygen atoms in total. The molecule has 0 bridgehead atoms. The van der Waals surface area contributed by atoms with E-state index in [1.165, 1.54) is 12.8 Å². The fourth-order valence-corrected chi connectivity index (χ4v) is 1.50. The van der Waals surface area contributed by atoms with E-state index in [0.717, 1.165) is 19.4 Å². The summed E-state index contributed by atoms with van der Waals surface area (Å²) in [7, 11) is 0. The van der Waals surface area contributed by atoms with Gasteiger partial charge in [-0.1, -0.05) is 13.3 Å². The molecule has 1 fully saturated rings. The van der Waals surface area contributed by atoms with Gasteiger partial charge in [0.25, 0.3) is 0 Å². The maximum Gasteiger partial charge on any atom is 0.153 e. The molecule has 4 heteroatoms. The van der Waals surface area contributed by atoms with Gasteiger partial charge in [0, 0.05) is 19.3 Å². The summed E-state index contributed by atoms with van der Waals surface area (Å²) in [6.45, 7) is 6.40. The van der Waals surface area contributed by atoms with Gasteiger partial charge in [0.2, 0.25) is 0 Å². The first-order valence-electron chi connectivity index (χ1n) is 5.23. The minimum atomic E-state index is -0.0424. The molecule has 1 aliphatic rings. The highest BCUT2D eigenvalue weighted by Crippen LogP contribution is 2.27. The summed E-state index contributed by atoms with van der Waals surface area (Å²) in [5, 5.41) is 16.5. The SMILES string of the molecule is C=N/N=C(/CO)N(CCCC)C1CC1. The molecule has 1 N–H and O–H groups in total. The van der Waals surface area contributed by atoms with Crippen molar-refractivity contribution < 1.29 is 5.11 Å². The highest BCUT2D eigenvalue weighted by Gasteiger charge is 2.30. The Balaban J connectivity index is 2.54. The molecule has 0 aromatic rings. The van der Waals surface area contributed by atoms with Crippen molar-refractivity contribution in [3.63, 3.8) is 0 Å². The van der Waals surface area contributed by atoms with Crippen LogP contribution in [0.15, 0.2) is 10.2 Å². The summed E-state index contributed by atoms with van der Waals surface area (Å²) >= 11 is 0. The number of unbranched alkanes of at least 4 members (excludes halogenated alkanes) is 1. The third kappa shape index (κ3) is 3.10. The molecule has 0 aliphatic heterocycles. The molecule has 0 heterocycles. The summed E-state index contributed by atoms with van der Waals surface area (Å²) in [5.41, 5.74) is 0. The molecule has 0 saturated heterocycles. The summed E-state index contributed by atoms with van der Waals surface area (Å²) in [4.78, 5) is 2.16. The minimum absolute atomic E-state index is 0.0424. The first-order valence-corrected chi connectivity index (χ1v) is 5.23. The molecule has 0 unspecified atom stereocenters. The standard InChI is InChI=1S/C10H19N3O/c1-3-4-7-13(9-5-6-9)10(8-14)12-11-2/h9,14H,2-8H2,1H3/b12-10-. The Morgan fingerprint density at radius 2 is 2.29 bits per heavy atom. The second-order valence-electron chi connectivity index (χ2n) is 3.59. The number of aliphatic hydroxyl groups is 1. The van der Waals surface area contributed by atoms with E-state index >= 15 is 0 Å². The largest absolute Gasteiger partial charge is 0.388 e. The lowest BCUT2D eigenvalue weighted by Gasteiger charge is -2.23. The van der Waals surface area contributed by atoms with Gasteiger partial charge >= 0.3 is 0 Å². The maximum atomic E-state index is 9.14.